The van der Waals surface area contributed by atoms with Gasteiger partial charge < -0.3 is 15.5 Å². The zero-order chi connectivity index (χ0) is 29.1. The number of anilines is 3. The normalized spacial score (nSPS) is 15.8. The fourth-order valence-corrected chi connectivity index (χ4v) is 6.33. The number of pyridine rings is 1. The monoisotopic (exact) mass is 590 g/mol. The minimum Gasteiger partial charge on any atom is -0.370 e. The van der Waals surface area contributed by atoms with Crippen LogP contribution in [0, 0.1) is 11.8 Å². The molecule has 2 aliphatic rings. The number of aryl methyl sites for hydroxylation is 1. The Bertz CT molecular complexity index is 1730. The van der Waals surface area contributed by atoms with Crippen LogP contribution in [0.1, 0.15) is 36.8 Å². The van der Waals surface area contributed by atoms with Crippen molar-refractivity contribution >= 4 is 27.3 Å². The quantitative estimate of drug-likeness (QED) is 0.280. The minimum atomic E-state index is -3.48. The van der Waals surface area contributed by atoms with E-state index in [0.717, 1.165) is 46.8 Å². The van der Waals surface area contributed by atoms with Crippen LogP contribution in [0.5, 0.6) is 0 Å². The Labute approximate surface area is 243 Å². The Morgan fingerprint density at radius 2 is 1.86 bits per heavy atom. The van der Waals surface area contributed by atoms with Crippen molar-refractivity contribution in [3.63, 3.8) is 0 Å². The van der Waals surface area contributed by atoms with Crippen molar-refractivity contribution in [3.05, 3.63) is 60.4 Å². The first-order chi connectivity index (χ1) is 20.4. The molecule has 0 atom stereocenters. The fraction of sp³-hybridized carbons (Fsp3) is 0.393. The molecule has 1 saturated heterocycles. The number of alkyl halides is 1. The summed E-state index contributed by atoms with van der Waals surface area (Å²) in [6.07, 6.45) is 12.9. The first-order valence-corrected chi connectivity index (χ1v) is 15.3. The van der Waals surface area contributed by atoms with E-state index in [1.807, 2.05) is 19.3 Å². The van der Waals surface area contributed by atoms with Crippen LogP contribution >= 0.6 is 0 Å². The van der Waals surface area contributed by atoms with Gasteiger partial charge >= 0.3 is 0 Å². The highest BCUT2D eigenvalue weighted by Crippen LogP contribution is 2.31. The molecular weight excluding hydrogens is 559 g/mol. The van der Waals surface area contributed by atoms with Gasteiger partial charge in [0, 0.05) is 57.4 Å². The largest absolute Gasteiger partial charge is 0.370 e. The zero-order valence-corrected chi connectivity index (χ0v) is 23.9. The van der Waals surface area contributed by atoms with Gasteiger partial charge in [0.2, 0.25) is 0 Å². The second-order valence-corrected chi connectivity index (χ2v) is 12.5. The van der Waals surface area contributed by atoms with E-state index >= 15 is 0 Å². The highest BCUT2D eigenvalue weighted by atomic mass is 32.2. The van der Waals surface area contributed by atoms with E-state index in [0.29, 0.717) is 42.4 Å². The summed E-state index contributed by atoms with van der Waals surface area (Å²) < 4.78 is 40.4. The molecule has 0 spiro atoms. The molecule has 6 rings (SSSR count). The van der Waals surface area contributed by atoms with Crippen LogP contribution in [0.4, 0.5) is 21.7 Å². The number of hydrogen-bond donors (Lipinski definition) is 2. The van der Waals surface area contributed by atoms with E-state index in [1.165, 1.54) is 12.4 Å². The van der Waals surface area contributed by atoms with E-state index in [9.17, 15) is 12.8 Å². The molecule has 42 heavy (non-hydrogen) atoms. The topological polar surface area (TPSA) is 136 Å². The van der Waals surface area contributed by atoms with Crippen LogP contribution in [0.3, 0.4) is 0 Å². The van der Waals surface area contributed by atoms with Crippen molar-refractivity contribution in [3.8, 4) is 23.2 Å². The van der Waals surface area contributed by atoms with Crippen molar-refractivity contribution in [2.45, 2.75) is 37.0 Å². The standard InChI is InChI=1S/C28H31FN10O2S/c1-37-18-20(15-33-37)2-3-21-16-32-27(14-25(21)38-12-7-23(8-13-38)30-11-9-29)35-26-6-10-31-28(36-26)22-17-34-39(19-22)42(40,41)24-4-5-24/h6,10,14-19,23-24,30H,4-5,7-9,11-13H2,1H3,(H,31,32,35,36). The third kappa shape index (κ3) is 6.27. The molecule has 1 saturated carbocycles. The highest BCUT2D eigenvalue weighted by Gasteiger charge is 2.37. The van der Waals surface area contributed by atoms with Crippen LogP contribution in [0.2, 0.25) is 0 Å². The third-order valence-electron chi connectivity index (χ3n) is 7.23. The van der Waals surface area contributed by atoms with Crippen LogP contribution in [0.25, 0.3) is 11.4 Å². The Balaban J connectivity index is 1.24. The molecule has 0 unspecified atom stereocenters. The summed E-state index contributed by atoms with van der Waals surface area (Å²) in [5, 5.41) is 14.4. The number of aromatic nitrogens is 7. The molecule has 0 bridgehead atoms. The van der Waals surface area contributed by atoms with Crippen LogP contribution < -0.4 is 15.5 Å². The lowest BCUT2D eigenvalue weighted by Crippen LogP contribution is -2.43. The SMILES string of the molecule is Cn1cc(C#Cc2cnc(Nc3ccnc(-c4cnn(S(=O)(=O)C5CC5)c4)n3)cc2N2CCC(NCCF)CC2)cn1. The molecule has 5 heterocycles. The van der Waals surface area contributed by atoms with Gasteiger partial charge in [-0.1, -0.05) is 11.8 Å². The maximum atomic E-state index is 12.6. The van der Waals surface area contributed by atoms with Crippen LogP contribution in [0.15, 0.2) is 49.3 Å². The molecule has 0 amide bonds. The molecule has 4 aromatic heterocycles. The van der Waals surface area contributed by atoms with Crippen molar-refractivity contribution in [1.82, 2.24) is 39.2 Å². The van der Waals surface area contributed by atoms with Crippen molar-refractivity contribution in [1.29, 1.82) is 0 Å². The molecule has 4 aromatic rings. The molecule has 2 N–H and O–H groups in total. The Morgan fingerprint density at radius 1 is 1.02 bits per heavy atom. The maximum absolute atomic E-state index is 12.6. The Hall–Kier alpha value is -4.35. The minimum absolute atomic E-state index is 0.282. The van der Waals surface area contributed by atoms with Gasteiger partial charge in [-0.3, -0.25) is 4.68 Å². The molecule has 1 aliphatic heterocycles. The first kappa shape index (κ1) is 27.8. The lowest BCUT2D eigenvalue weighted by atomic mass is 10.0. The molecule has 12 nitrogen and oxygen atoms in total. The van der Waals surface area contributed by atoms with E-state index in [1.54, 1.807) is 29.3 Å². The van der Waals surface area contributed by atoms with Crippen LogP contribution in [-0.2, 0) is 17.1 Å². The third-order valence-corrected chi connectivity index (χ3v) is 9.26. The zero-order valence-electron chi connectivity index (χ0n) is 23.1. The van der Waals surface area contributed by atoms with Gasteiger partial charge in [0.05, 0.1) is 46.2 Å². The fourth-order valence-electron chi connectivity index (χ4n) is 4.86. The molecule has 2 fully saturated rings. The summed E-state index contributed by atoms with van der Waals surface area (Å²) in [5.41, 5.74) is 3.03. The molecule has 0 radical (unpaired) electrons. The molecule has 218 valence electrons. The molecule has 0 aromatic carbocycles. The molecule has 1 aliphatic carbocycles. The van der Waals surface area contributed by atoms with Crippen molar-refractivity contribution < 1.29 is 12.8 Å². The van der Waals surface area contributed by atoms with E-state index < -0.39 is 10.0 Å². The second kappa shape index (κ2) is 11.9. The number of halogens is 1. The first-order valence-electron chi connectivity index (χ1n) is 13.8. The highest BCUT2D eigenvalue weighted by molar-refractivity contribution is 7.90. The van der Waals surface area contributed by atoms with Crippen LogP contribution in [-0.4, -0.2) is 79.9 Å². The van der Waals surface area contributed by atoms with Gasteiger partial charge in [0.1, 0.15) is 18.3 Å². The number of piperidine rings is 1. The second-order valence-electron chi connectivity index (χ2n) is 10.4. The molecule has 14 heteroatoms. The average molecular weight is 591 g/mol. The smallest absolute Gasteiger partial charge is 0.256 e. The van der Waals surface area contributed by atoms with E-state index in [-0.39, 0.29) is 18.0 Å². The summed E-state index contributed by atoms with van der Waals surface area (Å²) >= 11 is 0. The summed E-state index contributed by atoms with van der Waals surface area (Å²) in [7, 11) is -1.63. The van der Waals surface area contributed by atoms with E-state index in [4.69, 9.17) is 0 Å². The summed E-state index contributed by atoms with van der Waals surface area (Å²) in [6.45, 7) is 1.58. The molecular formula is C28H31FN10O2S. The summed E-state index contributed by atoms with van der Waals surface area (Å²) in [6, 6.07) is 3.95. The van der Waals surface area contributed by atoms with Crippen molar-refractivity contribution in [2.24, 2.45) is 7.05 Å². The van der Waals surface area contributed by atoms with Gasteiger partial charge in [-0.05, 0) is 31.7 Å². The van der Waals surface area contributed by atoms with Gasteiger partial charge in [-0.25, -0.2) is 27.8 Å². The maximum Gasteiger partial charge on any atom is 0.256 e. The number of rotatable bonds is 9. The summed E-state index contributed by atoms with van der Waals surface area (Å²) in [5.74, 6) is 7.84. The van der Waals surface area contributed by atoms with Crippen molar-refractivity contribution in [2.75, 3.05) is 36.5 Å². The Morgan fingerprint density at radius 3 is 2.60 bits per heavy atom. The Kier molecular flexibility index (Phi) is 7.86. The lowest BCUT2D eigenvalue weighted by molar-refractivity contribution is 0.382. The predicted molar refractivity (Wildman–Crippen MR) is 157 cm³/mol. The van der Waals surface area contributed by atoms with E-state index in [2.05, 4.69) is 52.5 Å². The number of hydrogen-bond acceptors (Lipinski definition) is 10. The number of nitrogens with one attached hydrogen (secondary N) is 2. The van der Waals surface area contributed by atoms with Gasteiger partial charge in [-0.15, -0.1) is 0 Å². The van der Waals surface area contributed by atoms with Gasteiger partial charge in [0.25, 0.3) is 10.0 Å². The lowest BCUT2D eigenvalue weighted by Gasteiger charge is -2.34. The average Bonchev–Trinajstić information content (AvgIpc) is 3.60. The number of nitrogens with zero attached hydrogens (tertiary/aromatic N) is 8. The van der Waals surface area contributed by atoms with Gasteiger partial charge in [-0.2, -0.15) is 14.3 Å². The predicted octanol–water partition coefficient (Wildman–Crippen LogP) is 2.48. The van der Waals surface area contributed by atoms with Gasteiger partial charge in [0.15, 0.2) is 5.82 Å². The summed E-state index contributed by atoms with van der Waals surface area (Å²) in [4.78, 5) is 15.8.